The Morgan fingerprint density at radius 2 is 1.81 bits per heavy atom. The molecule has 0 amide bonds. The molecule has 4 aromatic rings. The number of furan rings is 1. The second-order valence-electron chi connectivity index (χ2n) is 6.30. The SMILES string of the molecule is COc1cc(C=Nn2c(-c3ccco3)csc2=Nc2ccc(F)cc2)cc(OC)c1O. The monoisotopic (exact) mass is 439 g/mol. The first kappa shape index (κ1) is 20.4. The van der Waals surface area contributed by atoms with Crippen molar-refractivity contribution in [2.45, 2.75) is 0 Å². The highest BCUT2D eigenvalue weighted by atomic mass is 32.1. The number of aromatic nitrogens is 1. The molecule has 0 saturated heterocycles. The zero-order chi connectivity index (χ0) is 21.8. The lowest BCUT2D eigenvalue weighted by Crippen LogP contribution is -2.11. The Morgan fingerprint density at radius 1 is 1.10 bits per heavy atom. The Morgan fingerprint density at radius 3 is 2.42 bits per heavy atom. The van der Waals surface area contributed by atoms with Gasteiger partial charge in [0.25, 0.3) is 0 Å². The minimum Gasteiger partial charge on any atom is -0.502 e. The van der Waals surface area contributed by atoms with Crippen LogP contribution in [-0.4, -0.2) is 30.2 Å². The molecule has 0 fully saturated rings. The second kappa shape index (κ2) is 8.88. The molecule has 1 N–H and O–H groups in total. The van der Waals surface area contributed by atoms with E-state index in [0.717, 1.165) is 0 Å². The van der Waals surface area contributed by atoms with Crippen molar-refractivity contribution in [2.75, 3.05) is 14.2 Å². The van der Waals surface area contributed by atoms with Gasteiger partial charge in [0.15, 0.2) is 17.3 Å². The van der Waals surface area contributed by atoms with Gasteiger partial charge in [0, 0.05) is 10.9 Å². The highest BCUT2D eigenvalue weighted by Gasteiger charge is 2.12. The maximum absolute atomic E-state index is 13.2. The smallest absolute Gasteiger partial charge is 0.211 e. The Hall–Kier alpha value is -3.85. The molecule has 2 heterocycles. The Labute approximate surface area is 181 Å². The number of halogens is 1. The van der Waals surface area contributed by atoms with Crippen molar-refractivity contribution in [3.8, 4) is 28.7 Å². The van der Waals surface area contributed by atoms with Crippen LogP contribution in [0.5, 0.6) is 17.2 Å². The van der Waals surface area contributed by atoms with Crippen LogP contribution in [0.15, 0.2) is 74.7 Å². The fourth-order valence-electron chi connectivity index (χ4n) is 2.82. The van der Waals surface area contributed by atoms with E-state index >= 15 is 0 Å². The van der Waals surface area contributed by atoms with Crippen LogP contribution in [0.25, 0.3) is 11.5 Å². The van der Waals surface area contributed by atoms with E-state index in [4.69, 9.17) is 13.9 Å². The molecule has 2 aromatic heterocycles. The standard InChI is InChI=1S/C22H18FN3O4S/c1-28-19-10-14(11-20(29-2)21(19)27)12-24-26-17(18-4-3-9-30-18)13-31-22(26)25-16-7-5-15(23)6-8-16/h3-13,27H,1-2H3. The summed E-state index contributed by atoms with van der Waals surface area (Å²) in [5.74, 6) is 0.725. The lowest BCUT2D eigenvalue weighted by atomic mass is 10.2. The highest BCUT2D eigenvalue weighted by Crippen LogP contribution is 2.36. The summed E-state index contributed by atoms with van der Waals surface area (Å²) in [4.78, 5) is 5.14. The number of rotatable bonds is 6. The van der Waals surface area contributed by atoms with E-state index in [1.165, 1.54) is 37.7 Å². The summed E-state index contributed by atoms with van der Waals surface area (Å²) in [7, 11) is 2.91. The van der Waals surface area contributed by atoms with Gasteiger partial charge in [0.05, 0.1) is 32.4 Å². The summed E-state index contributed by atoms with van der Waals surface area (Å²) in [6.45, 7) is 0. The highest BCUT2D eigenvalue weighted by molar-refractivity contribution is 7.07. The number of methoxy groups -OCH3 is 2. The van der Waals surface area contributed by atoms with E-state index in [1.807, 2.05) is 11.4 Å². The normalized spacial score (nSPS) is 11.9. The molecule has 0 spiro atoms. The minimum atomic E-state index is -0.331. The summed E-state index contributed by atoms with van der Waals surface area (Å²) in [6, 6.07) is 12.8. The van der Waals surface area contributed by atoms with E-state index in [-0.39, 0.29) is 23.1 Å². The van der Waals surface area contributed by atoms with E-state index < -0.39 is 0 Å². The van der Waals surface area contributed by atoms with Gasteiger partial charge >= 0.3 is 0 Å². The van der Waals surface area contributed by atoms with Crippen molar-refractivity contribution in [2.24, 2.45) is 10.1 Å². The summed E-state index contributed by atoms with van der Waals surface area (Å²) in [6.07, 6.45) is 3.17. The van der Waals surface area contributed by atoms with Crippen LogP contribution < -0.4 is 14.3 Å². The molecule has 0 aliphatic heterocycles. The predicted molar refractivity (Wildman–Crippen MR) is 116 cm³/mol. The maximum Gasteiger partial charge on any atom is 0.211 e. The van der Waals surface area contributed by atoms with Crippen LogP contribution in [0.3, 0.4) is 0 Å². The maximum atomic E-state index is 13.2. The van der Waals surface area contributed by atoms with E-state index in [0.29, 0.717) is 27.5 Å². The number of ether oxygens (including phenoxy) is 2. The Balaban J connectivity index is 1.81. The number of phenolic OH excluding ortho intramolecular Hbond substituents is 1. The lowest BCUT2D eigenvalue weighted by molar-refractivity contribution is 0.340. The molecule has 31 heavy (non-hydrogen) atoms. The molecule has 7 nitrogen and oxygen atoms in total. The van der Waals surface area contributed by atoms with Crippen molar-refractivity contribution in [3.05, 3.63) is 76.4 Å². The molecule has 158 valence electrons. The first-order valence-corrected chi connectivity index (χ1v) is 10.0. The average Bonchev–Trinajstić information content (AvgIpc) is 3.44. The van der Waals surface area contributed by atoms with Crippen LogP contribution in [0, 0.1) is 5.82 Å². The van der Waals surface area contributed by atoms with Crippen LogP contribution in [0.2, 0.25) is 0 Å². The molecule has 0 aliphatic rings. The van der Waals surface area contributed by atoms with Crippen molar-refractivity contribution >= 4 is 23.2 Å². The number of thiazole rings is 1. The Kier molecular flexibility index (Phi) is 5.85. The van der Waals surface area contributed by atoms with Crippen LogP contribution in [0.1, 0.15) is 5.56 Å². The van der Waals surface area contributed by atoms with Crippen molar-refractivity contribution < 1.29 is 23.4 Å². The molecular weight excluding hydrogens is 421 g/mol. The fraction of sp³-hybridized carbons (Fsp3) is 0.0909. The molecule has 0 atom stereocenters. The van der Waals surface area contributed by atoms with E-state index in [2.05, 4.69) is 10.1 Å². The van der Waals surface area contributed by atoms with Gasteiger partial charge in [-0.15, -0.1) is 11.3 Å². The van der Waals surface area contributed by atoms with E-state index in [1.54, 1.807) is 47.5 Å². The third kappa shape index (κ3) is 4.36. The van der Waals surface area contributed by atoms with Gasteiger partial charge in [-0.25, -0.2) is 14.1 Å². The lowest BCUT2D eigenvalue weighted by Gasteiger charge is -2.09. The summed E-state index contributed by atoms with van der Waals surface area (Å²) < 4.78 is 30.8. The largest absolute Gasteiger partial charge is 0.502 e. The zero-order valence-corrected chi connectivity index (χ0v) is 17.5. The molecule has 0 unspecified atom stereocenters. The number of hydrogen-bond acceptors (Lipinski definition) is 7. The number of nitrogens with zero attached hydrogens (tertiary/aromatic N) is 3. The first-order valence-electron chi connectivity index (χ1n) is 9.13. The first-order chi connectivity index (χ1) is 15.1. The molecule has 4 rings (SSSR count). The Bertz CT molecular complexity index is 1250. The quantitative estimate of drug-likeness (QED) is 0.438. The third-order valence-corrected chi connectivity index (χ3v) is 5.15. The summed E-state index contributed by atoms with van der Waals surface area (Å²) >= 11 is 1.37. The predicted octanol–water partition coefficient (Wildman–Crippen LogP) is 4.79. The van der Waals surface area contributed by atoms with Crippen LogP contribution in [-0.2, 0) is 0 Å². The number of benzene rings is 2. The van der Waals surface area contributed by atoms with Gasteiger partial charge in [-0.3, -0.25) is 0 Å². The van der Waals surface area contributed by atoms with E-state index in [9.17, 15) is 9.50 Å². The molecule has 0 aliphatic carbocycles. The molecule has 2 aromatic carbocycles. The topological polar surface area (TPSA) is 81.5 Å². The van der Waals surface area contributed by atoms with Gasteiger partial charge in [-0.1, -0.05) is 0 Å². The van der Waals surface area contributed by atoms with Crippen LogP contribution in [0.4, 0.5) is 10.1 Å². The third-order valence-electron chi connectivity index (χ3n) is 4.33. The zero-order valence-electron chi connectivity index (χ0n) is 16.7. The van der Waals surface area contributed by atoms with Gasteiger partial charge < -0.3 is 19.0 Å². The molecular formula is C22H18FN3O4S. The van der Waals surface area contributed by atoms with Crippen molar-refractivity contribution in [1.82, 2.24) is 4.68 Å². The summed E-state index contributed by atoms with van der Waals surface area (Å²) in [5, 5.41) is 16.5. The minimum absolute atomic E-state index is 0.0893. The molecule has 0 saturated carbocycles. The van der Waals surface area contributed by atoms with Gasteiger partial charge in [0.2, 0.25) is 10.6 Å². The van der Waals surface area contributed by atoms with Gasteiger partial charge in [0.1, 0.15) is 11.5 Å². The average molecular weight is 439 g/mol. The molecule has 9 heteroatoms. The molecule has 0 bridgehead atoms. The van der Waals surface area contributed by atoms with Crippen LogP contribution >= 0.6 is 11.3 Å². The van der Waals surface area contributed by atoms with Gasteiger partial charge in [-0.2, -0.15) is 5.10 Å². The molecule has 0 radical (unpaired) electrons. The van der Waals surface area contributed by atoms with Crippen molar-refractivity contribution in [3.63, 3.8) is 0 Å². The number of aromatic hydroxyl groups is 1. The second-order valence-corrected chi connectivity index (χ2v) is 7.14. The number of phenols is 1. The number of hydrogen-bond donors (Lipinski definition) is 1. The van der Waals surface area contributed by atoms with Crippen molar-refractivity contribution in [1.29, 1.82) is 0 Å². The fourth-order valence-corrected chi connectivity index (χ4v) is 3.66. The van der Waals surface area contributed by atoms with Gasteiger partial charge in [-0.05, 0) is 48.5 Å². The summed E-state index contributed by atoms with van der Waals surface area (Å²) in [5.41, 5.74) is 1.93.